The van der Waals surface area contributed by atoms with Crippen molar-refractivity contribution < 1.29 is 13.2 Å². The van der Waals surface area contributed by atoms with Crippen molar-refractivity contribution >= 4 is 32.9 Å². The lowest BCUT2D eigenvalue weighted by atomic mass is 10.3. The second kappa shape index (κ2) is 6.10. The standard InChI is InChI=1S/C12H14N4O3S2/c1-8-11(6-14-15-8)21(17,18)16-9-4-2-3-5-10(9)19-7-12(13)20/h2-6,16H,7H2,1H3,(H2,13,20)(H,14,15). The molecule has 1 heterocycles. The zero-order valence-corrected chi connectivity index (χ0v) is 12.8. The summed E-state index contributed by atoms with van der Waals surface area (Å²) >= 11 is 4.73. The summed E-state index contributed by atoms with van der Waals surface area (Å²) in [7, 11) is -3.75. The number of hydrogen-bond acceptors (Lipinski definition) is 5. The Morgan fingerprint density at radius 1 is 1.48 bits per heavy atom. The van der Waals surface area contributed by atoms with Crippen molar-refractivity contribution in [2.75, 3.05) is 11.3 Å². The van der Waals surface area contributed by atoms with Crippen molar-refractivity contribution in [2.24, 2.45) is 5.73 Å². The number of anilines is 1. The average molecular weight is 326 g/mol. The summed E-state index contributed by atoms with van der Waals surface area (Å²) in [4.78, 5) is 0.255. The van der Waals surface area contributed by atoms with E-state index in [1.165, 1.54) is 6.20 Å². The number of thiocarbonyl (C=S) groups is 1. The fraction of sp³-hybridized carbons (Fsp3) is 0.167. The van der Waals surface area contributed by atoms with Crippen LogP contribution in [0.3, 0.4) is 0 Å². The molecule has 0 aliphatic rings. The third-order valence-electron chi connectivity index (χ3n) is 2.57. The number of nitrogens with zero attached hydrogens (tertiary/aromatic N) is 1. The highest BCUT2D eigenvalue weighted by atomic mass is 32.2. The van der Waals surface area contributed by atoms with Crippen molar-refractivity contribution in [1.82, 2.24) is 10.2 Å². The Kier molecular flexibility index (Phi) is 4.43. The van der Waals surface area contributed by atoms with E-state index in [-0.39, 0.29) is 16.5 Å². The number of hydrogen-bond donors (Lipinski definition) is 3. The van der Waals surface area contributed by atoms with Gasteiger partial charge in [0.05, 0.1) is 17.6 Å². The molecule has 0 aliphatic carbocycles. The van der Waals surface area contributed by atoms with Gasteiger partial charge in [-0.3, -0.25) is 9.82 Å². The molecular formula is C12H14N4O3S2. The Labute approximate surface area is 127 Å². The molecular weight excluding hydrogens is 312 g/mol. The molecule has 1 aromatic carbocycles. The van der Waals surface area contributed by atoms with Crippen LogP contribution in [0.4, 0.5) is 5.69 Å². The second-order valence-electron chi connectivity index (χ2n) is 4.22. The molecule has 0 saturated heterocycles. The van der Waals surface area contributed by atoms with E-state index >= 15 is 0 Å². The third kappa shape index (κ3) is 3.70. The molecule has 0 aliphatic heterocycles. The summed E-state index contributed by atoms with van der Waals surface area (Å²) < 4.78 is 32.4. The molecule has 0 unspecified atom stereocenters. The first kappa shape index (κ1) is 15.3. The van der Waals surface area contributed by atoms with Crippen LogP contribution in [-0.2, 0) is 10.0 Å². The van der Waals surface area contributed by atoms with Gasteiger partial charge >= 0.3 is 0 Å². The van der Waals surface area contributed by atoms with E-state index in [2.05, 4.69) is 14.9 Å². The van der Waals surface area contributed by atoms with Crippen LogP contribution in [0.2, 0.25) is 0 Å². The molecule has 0 amide bonds. The van der Waals surface area contributed by atoms with Gasteiger partial charge in [-0.05, 0) is 19.1 Å². The van der Waals surface area contributed by atoms with Crippen LogP contribution in [0, 0.1) is 6.92 Å². The van der Waals surface area contributed by atoms with E-state index in [4.69, 9.17) is 22.7 Å². The first-order valence-corrected chi connectivity index (χ1v) is 7.82. The second-order valence-corrected chi connectivity index (χ2v) is 6.39. The largest absolute Gasteiger partial charge is 0.484 e. The van der Waals surface area contributed by atoms with Gasteiger partial charge in [0.25, 0.3) is 10.0 Å². The van der Waals surface area contributed by atoms with Gasteiger partial charge in [-0.25, -0.2) is 8.42 Å². The number of nitrogens with two attached hydrogens (primary N) is 1. The summed E-state index contributed by atoms with van der Waals surface area (Å²) in [6.45, 7) is 1.65. The van der Waals surface area contributed by atoms with Gasteiger partial charge in [0.2, 0.25) is 0 Å². The van der Waals surface area contributed by atoms with Gasteiger partial charge in [0.15, 0.2) is 0 Å². The van der Waals surface area contributed by atoms with E-state index in [9.17, 15) is 8.42 Å². The topological polar surface area (TPSA) is 110 Å². The summed E-state index contributed by atoms with van der Waals surface area (Å²) in [5.74, 6) is 0.343. The zero-order chi connectivity index (χ0) is 15.5. The van der Waals surface area contributed by atoms with Crippen LogP contribution < -0.4 is 15.2 Å². The maximum absolute atomic E-state index is 12.3. The molecule has 2 rings (SSSR count). The Morgan fingerprint density at radius 2 is 2.19 bits per heavy atom. The van der Waals surface area contributed by atoms with E-state index in [0.717, 1.165) is 0 Å². The molecule has 0 saturated carbocycles. The molecule has 0 atom stereocenters. The van der Waals surface area contributed by atoms with Crippen LogP contribution >= 0.6 is 12.2 Å². The molecule has 1 aromatic heterocycles. The van der Waals surface area contributed by atoms with Crippen LogP contribution in [0.25, 0.3) is 0 Å². The van der Waals surface area contributed by atoms with Crippen molar-refractivity contribution in [3.05, 3.63) is 36.2 Å². The highest BCUT2D eigenvalue weighted by Crippen LogP contribution is 2.26. The van der Waals surface area contributed by atoms with Gasteiger partial charge in [-0.2, -0.15) is 5.10 Å². The first-order valence-electron chi connectivity index (χ1n) is 5.93. The molecule has 21 heavy (non-hydrogen) atoms. The van der Waals surface area contributed by atoms with Crippen molar-refractivity contribution in [1.29, 1.82) is 0 Å². The van der Waals surface area contributed by atoms with E-state index in [1.807, 2.05) is 0 Å². The maximum Gasteiger partial charge on any atom is 0.265 e. The monoisotopic (exact) mass is 326 g/mol. The normalized spacial score (nSPS) is 11.1. The van der Waals surface area contributed by atoms with Crippen LogP contribution in [0.1, 0.15) is 5.69 Å². The van der Waals surface area contributed by atoms with Gasteiger partial charge in [0.1, 0.15) is 22.2 Å². The molecule has 2 aromatic rings. The number of para-hydroxylation sites is 2. The third-order valence-corrected chi connectivity index (χ3v) is 4.17. The number of aromatic amines is 1. The highest BCUT2D eigenvalue weighted by Gasteiger charge is 2.20. The SMILES string of the molecule is Cc1[nH]ncc1S(=O)(=O)Nc1ccccc1OCC(N)=S. The quantitative estimate of drug-likeness (QED) is 0.688. The minimum atomic E-state index is -3.75. The van der Waals surface area contributed by atoms with Crippen molar-refractivity contribution in [2.45, 2.75) is 11.8 Å². The van der Waals surface area contributed by atoms with Crippen molar-refractivity contribution in [3.63, 3.8) is 0 Å². The molecule has 0 bridgehead atoms. The van der Waals surface area contributed by atoms with Crippen LogP contribution in [0.15, 0.2) is 35.4 Å². The highest BCUT2D eigenvalue weighted by molar-refractivity contribution is 7.92. The van der Waals surface area contributed by atoms with Crippen LogP contribution in [-0.4, -0.2) is 30.2 Å². The Morgan fingerprint density at radius 3 is 2.81 bits per heavy atom. The Balaban J connectivity index is 2.27. The number of aromatic nitrogens is 2. The van der Waals surface area contributed by atoms with E-state index in [0.29, 0.717) is 17.1 Å². The molecule has 9 heteroatoms. The van der Waals surface area contributed by atoms with Gasteiger partial charge in [0, 0.05) is 0 Å². The molecule has 7 nitrogen and oxygen atoms in total. The minimum absolute atomic E-state index is 0.0266. The fourth-order valence-electron chi connectivity index (χ4n) is 1.64. The van der Waals surface area contributed by atoms with E-state index < -0.39 is 10.0 Å². The predicted molar refractivity (Wildman–Crippen MR) is 82.9 cm³/mol. The summed E-state index contributed by atoms with van der Waals surface area (Å²) in [5.41, 5.74) is 6.12. The number of nitrogens with one attached hydrogen (secondary N) is 2. The zero-order valence-electron chi connectivity index (χ0n) is 11.2. The minimum Gasteiger partial charge on any atom is -0.484 e. The fourth-order valence-corrected chi connectivity index (χ4v) is 2.90. The summed E-state index contributed by atoms with van der Waals surface area (Å²) in [6, 6.07) is 6.61. The molecule has 0 radical (unpaired) electrons. The lowest BCUT2D eigenvalue weighted by Gasteiger charge is -2.12. The van der Waals surface area contributed by atoms with Gasteiger partial charge in [-0.15, -0.1) is 0 Å². The van der Waals surface area contributed by atoms with Gasteiger partial charge in [-0.1, -0.05) is 24.4 Å². The lowest BCUT2D eigenvalue weighted by Crippen LogP contribution is -2.19. The maximum atomic E-state index is 12.3. The summed E-state index contributed by atoms with van der Waals surface area (Å²) in [5, 5.41) is 6.28. The molecule has 0 spiro atoms. The number of rotatable bonds is 6. The first-order chi connectivity index (χ1) is 9.90. The number of ether oxygens (including phenoxy) is 1. The predicted octanol–water partition coefficient (Wildman–Crippen LogP) is 1.18. The Hall–Kier alpha value is -2.13. The lowest BCUT2D eigenvalue weighted by molar-refractivity contribution is 0.379. The average Bonchev–Trinajstić information content (AvgIpc) is 2.84. The molecule has 0 fully saturated rings. The number of benzene rings is 1. The Bertz CT molecular complexity index is 755. The van der Waals surface area contributed by atoms with Crippen molar-refractivity contribution in [3.8, 4) is 5.75 Å². The van der Waals surface area contributed by atoms with Gasteiger partial charge < -0.3 is 10.5 Å². The number of sulfonamides is 1. The smallest absolute Gasteiger partial charge is 0.265 e. The number of H-pyrrole nitrogens is 1. The molecule has 4 N–H and O–H groups in total. The summed E-state index contributed by atoms with van der Waals surface area (Å²) in [6.07, 6.45) is 1.25. The molecule has 112 valence electrons. The van der Waals surface area contributed by atoms with Crippen LogP contribution in [0.5, 0.6) is 5.75 Å². The number of aryl methyl sites for hydroxylation is 1. The van der Waals surface area contributed by atoms with E-state index in [1.54, 1.807) is 31.2 Å².